The van der Waals surface area contributed by atoms with Gasteiger partial charge in [-0.1, -0.05) is 25.8 Å². The van der Waals surface area contributed by atoms with E-state index in [9.17, 15) is 0 Å². The first-order valence-electron chi connectivity index (χ1n) is 9.72. The fourth-order valence-electron chi connectivity index (χ4n) is 4.11. The molecule has 28 heavy (non-hydrogen) atoms. The number of hydrogen-bond donors (Lipinski definition) is 3. The van der Waals surface area contributed by atoms with Gasteiger partial charge >= 0.3 is 0 Å². The lowest BCUT2D eigenvalue weighted by Gasteiger charge is -2.24. The van der Waals surface area contributed by atoms with E-state index in [1.54, 1.807) is 6.20 Å². The minimum atomic E-state index is 0.263. The molecular weight excluding hydrogens is 350 g/mol. The molecule has 5 rings (SSSR count). The van der Waals surface area contributed by atoms with Crippen LogP contribution in [0.1, 0.15) is 37.7 Å². The quantitative estimate of drug-likeness (QED) is 0.506. The van der Waals surface area contributed by atoms with Crippen molar-refractivity contribution in [3.63, 3.8) is 0 Å². The molecule has 4 N–H and O–H groups in total. The van der Waals surface area contributed by atoms with Crippen LogP contribution in [-0.4, -0.2) is 30.6 Å². The smallest absolute Gasteiger partial charge is 0.221 e. The Balaban J connectivity index is 1.51. The topological polar surface area (TPSA) is 96.9 Å². The van der Waals surface area contributed by atoms with E-state index >= 15 is 0 Å². The third kappa shape index (κ3) is 2.89. The highest BCUT2D eigenvalue weighted by atomic mass is 15.2. The van der Waals surface area contributed by atoms with Crippen LogP contribution in [0.25, 0.3) is 33.4 Å². The van der Waals surface area contributed by atoms with Gasteiger partial charge in [0.1, 0.15) is 5.65 Å². The fourth-order valence-corrected chi connectivity index (χ4v) is 4.11. The lowest BCUT2D eigenvalue weighted by Crippen LogP contribution is -2.29. The van der Waals surface area contributed by atoms with Crippen molar-refractivity contribution in [2.24, 2.45) is 0 Å². The van der Waals surface area contributed by atoms with E-state index in [0.29, 0.717) is 6.04 Å². The normalized spacial score (nSPS) is 15.3. The molecule has 4 aromatic rings. The first-order chi connectivity index (χ1) is 13.7. The number of nitrogens with two attached hydrogens (primary N) is 1. The fraction of sp³-hybridized carbons (Fsp3) is 0.286. The number of nitrogen functional groups attached to an aromatic ring is 1. The van der Waals surface area contributed by atoms with Gasteiger partial charge in [-0.25, -0.2) is 9.50 Å². The molecule has 0 aliphatic heterocycles. The number of pyridine rings is 1. The third-order valence-electron chi connectivity index (χ3n) is 5.59. The van der Waals surface area contributed by atoms with Crippen LogP contribution >= 0.6 is 0 Å². The molecule has 0 unspecified atom stereocenters. The summed E-state index contributed by atoms with van der Waals surface area (Å²) < 4.78 is 1.88. The monoisotopic (exact) mass is 373 g/mol. The molecule has 0 amide bonds. The first kappa shape index (κ1) is 16.8. The average Bonchev–Trinajstić information content (AvgIpc) is 3.31. The Bertz CT molecular complexity index is 1160. The van der Waals surface area contributed by atoms with E-state index < -0.39 is 0 Å². The summed E-state index contributed by atoms with van der Waals surface area (Å²) in [7, 11) is 0. The van der Waals surface area contributed by atoms with Crippen LogP contribution in [0.5, 0.6) is 0 Å². The SMILES string of the molecule is C=C(NC1CCCCC1)c1cnn2ccc(-c3c[nH]c4nc(N)ncc34)cc12. The van der Waals surface area contributed by atoms with Crippen molar-refractivity contribution in [3.05, 3.63) is 49.1 Å². The van der Waals surface area contributed by atoms with Gasteiger partial charge in [-0.15, -0.1) is 0 Å². The molecule has 0 radical (unpaired) electrons. The zero-order chi connectivity index (χ0) is 19.1. The number of nitrogens with one attached hydrogen (secondary N) is 2. The molecule has 7 nitrogen and oxygen atoms in total. The summed E-state index contributed by atoms with van der Waals surface area (Å²) in [5, 5.41) is 9.05. The van der Waals surface area contributed by atoms with E-state index in [0.717, 1.165) is 38.9 Å². The van der Waals surface area contributed by atoms with Crippen LogP contribution in [0.4, 0.5) is 5.95 Å². The first-order valence-corrected chi connectivity index (χ1v) is 9.72. The number of H-pyrrole nitrogens is 1. The Labute approximate surface area is 162 Å². The Hall–Kier alpha value is -3.35. The van der Waals surface area contributed by atoms with Crippen LogP contribution in [0.15, 0.2) is 43.5 Å². The summed E-state index contributed by atoms with van der Waals surface area (Å²) in [6, 6.07) is 4.69. The molecule has 1 aliphatic carbocycles. The van der Waals surface area contributed by atoms with Gasteiger partial charge in [-0.3, -0.25) is 0 Å². The summed E-state index contributed by atoms with van der Waals surface area (Å²) in [4.78, 5) is 11.6. The predicted molar refractivity (Wildman–Crippen MR) is 112 cm³/mol. The number of aromatic nitrogens is 5. The largest absolute Gasteiger partial charge is 0.382 e. The molecule has 0 bridgehead atoms. The number of rotatable bonds is 4. The molecule has 0 saturated heterocycles. The highest BCUT2D eigenvalue weighted by molar-refractivity contribution is 5.94. The highest BCUT2D eigenvalue weighted by Gasteiger charge is 2.17. The van der Waals surface area contributed by atoms with Crippen molar-refractivity contribution in [2.75, 3.05) is 5.73 Å². The van der Waals surface area contributed by atoms with Crippen molar-refractivity contribution in [1.82, 2.24) is 29.9 Å². The summed E-state index contributed by atoms with van der Waals surface area (Å²) in [5.74, 6) is 0.263. The van der Waals surface area contributed by atoms with Gasteiger partial charge in [0, 0.05) is 46.8 Å². The van der Waals surface area contributed by atoms with Crippen LogP contribution in [0, 0.1) is 0 Å². The molecule has 1 fully saturated rings. The van der Waals surface area contributed by atoms with E-state index in [-0.39, 0.29) is 5.95 Å². The maximum Gasteiger partial charge on any atom is 0.221 e. The molecule has 1 saturated carbocycles. The van der Waals surface area contributed by atoms with Crippen molar-refractivity contribution in [1.29, 1.82) is 0 Å². The Morgan fingerprint density at radius 1 is 1.25 bits per heavy atom. The summed E-state index contributed by atoms with van der Waals surface area (Å²) in [5.41, 5.74) is 11.5. The number of anilines is 1. The summed E-state index contributed by atoms with van der Waals surface area (Å²) >= 11 is 0. The number of nitrogens with zero attached hydrogens (tertiary/aromatic N) is 4. The van der Waals surface area contributed by atoms with E-state index in [2.05, 4.69) is 38.0 Å². The molecule has 4 aromatic heterocycles. The molecular formula is C21H23N7. The van der Waals surface area contributed by atoms with Gasteiger partial charge in [0.05, 0.1) is 11.7 Å². The summed E-state index contributed by atoms with van der Waals surface area (Å²) in [6.45, 7) is 4.29. The van der Waals surface area contributed by atoms with E-state index in [1.165, 1.54) is 32.1 Å². The van der Waals surface area contributed by atoms with Crippen LogP contribution in [-0.2, 0) is 0 Å². The maximum absolute atomic E-state index is 5.69. The van der Waals surface area contributed by atoms with Crippen LogP contribution in [0.3, 0.4) is 0 Å². The maximum atomic E-state index is 5.69. The Morgan fingerprint density at radius 2 is 2.11 bits per heavy atom. The second-order valence-electron chi connectivity index (χ2n) is 7.45. The minimum absolute atomic E-state index is 0.263. The standard InChI is InChI=1S/C21H23N7/c1-13(26-15-5-3-2-4-6-15)16-12-25-28-8-7-14(9-19(16)28)17-10-23-20-18(17)11-24-21(22)27-20/h7-12,15,26H,1-6H2,(H3,22,23,24,27). The van der Waals surface area contributed by atoms with Crippen molar-refractivity contribution in [3.8, 4) is 11.1 Å². The zero-order valence-electron chi connectivity index (χ0n) is 15.7. The number of fused-ring (bicyclic) bond motifs is 2. The van der Waals surface area contributed by atoms with Crippen molar-refractivity contribution < 1.29 is 0 Å². The van der Waals surface area contributed by atoms with Crippen molar-refractivity contribution >= 4 is 28.2 Å². The Morgan fingerprint density at radius 3 is 2.96 bits per heavy atom. The molecule has 0 spiro atoms. The summed E-state index contributed by atoms with van der Waals surface area (Å²) in [6.07, 6.45) is 13.9. The number of aromatic amines is 1. The molecule has 142 valence electrons. The Kier molecular flexibility index (Phi) is 4.00. The van der Waals surface area contributed by atoms with Gasteiger partial charge < -0.3 is 16.0 Å². The van der Waals surface area contributed by atoms with Crippen molar-refractivity contribution in [2.45, 2.75) is 38.1 Å². The minimum Gasteiger partial charge on any atom is -0.382 e. The number of hydrogen-bond acceptors (Lipinski definition) is 5. The molecule has 7 heteroatoms. The van der Waals surface area contributed by atoms with Crippen LogP contribution in [0.2, 0.25) is 0 Å². The van der Waals surface area contributed by atoms with Gasteiger partial charge in [-0.05, 0) is 30.5 Å². The zero-order valence-corrected chi connectivity index (χ0v) is 15.7. The lowest BCUT2D eigenvalue weighted by atomic mass is 9.95. The second kappa shape index (κ2) is 6.67. The molecule has 0 aromatic carbocycles. The van der Waals surface area contributed by atoms with Gasteiger partial charge in [0.15, 0.2) is 0 Å². The third-order valence-corrected chi connectivity index (χ3v) is 5.59. The van der Waals surface area contributed by atoms with Gasteiger partial charge in [-0.2, -0.15) is 10.1 Å². The molecule has 0 atom stereocenters. The average molecular weight is 373 g/mol. The van der Waals surface area contributed by atoms with Crippen LogP contribution < -0.4 is 11.1 Å². The predicted octanol–water partition coefficient (Wildman–Crippen LogP) is 3.75. The molecule has 1 aliphatic rings. The lowest BCUT2D eigenvalue weighted by molar-refractivity contribution is 0.409. The molecule has 4 heterocycles. The second-order valence-corrected chi connectivity index (χ2v) is 7.45. The van der Waals surface area contributed by atoms with Gasteiger partial charge in [0.2, 0.25) is 5.95 Å². The van der Waals surface area contributed by atoms with E-state index in [4.69, 9.17) is 5.73 Å². The van der Waals surface area contributed by atoms with E-state index in [1.807, 2.05) is 29.2 Å². The van der Waals surface area contributed by atoms with Gasteiger partial charge in [0.25, 0.3) is 0 Å². The highest BCUT2D eigenvalue weighted by Crippen LogP contribution is 2.30.